The van der Waals surface area contributed by atoms with Gasteiger partial charge in [-0.1, -0.05) is 0 Å². The maximum atomic E-state index is 4.93. The molecular formula is C22H25N7. The van der Waals surface area contributed by atoms with Crippen LogP contribution in [0.15, 0.2) is 46.9 Å². The van der Waals surface area contributed by atoms with E-state index in [0.29, 0.717) is 0 Å². The Kier molecular flexibility index (Phi) is 4.96. The first-order chi connectivity index (χ1) is 14.0. The van der Waals surface area contributed by atoms with E-state index in [1.807, 2.05) is 18.5 Å². The van der Waals surface area contributed by atoms with Crippen molar-refractivity contribution >= 4 is 22.8 Å². The second-order valence-electron chi connectivity index (χ2n) is 7.06. The molecule has 0 amide bonds. The van der Waals surface area contributed by atoms with Crippen LogP contribution in [0.4, 0.5) is 11.4 Å². The van der Waals surface area contributed by atoms with Gasteiger partial charge >= 0.3 is 0 Å². The number of anilines is 1. The van der Waals surface area contributed by atoms with E-state index >= 15 is 0 Å². The Bertz CT molecular complexity index is 1110. The number of hydrogen-bond acceptors (Lipinski definition) is 6. The van der Waals surface area contributed by atoms with Gasteiger partial charge in [0.2, 0.25) is 0 Å². The molecule has 7 heteroatoms. The van der Waals surface area contributed by atoms with Crippen LogP contribution in [0.25, 0.3) is 11.4 Å². The summed E-state index contributed by atoms with van der Waals surface area (Å²) in [6, 6.07) is 6.39. The highest BCUT2D eigenvalue weighted by molar-refractivity contribution is 6.48. The number of aromatic nitrogens is 4. The Balaban J connectivity index is 1.76. The van der Waals surface area contributed by atoms with Crippen LogP contribution in [-0.2, 0) is 0 Å². The molecule has 0 unspecified atom stereocenters. The molecule has 7 nitrogen and oxygen atoms in total. The Morgan fingerprint density at radius 1 is 1.07 bits per heavy atom. The fourth-order valence-electron chi connectivity index (χ4n) is 3.65. The van der Waals surface area contributed by atoms with Crippen molar-refractivity contribution in [2.75, 3.05) is 18.0 Å². The molecule has 2 aromatic heterocycles. The molecule has 0 fully saturated rings. The Labute approximate surface area is 170 Å². The van der Waals surface area contributed by atoms with Gasteiger partial charge in [0.15, 0.2) is 5.82 Å². The average molecular weight is 387 g/mol. The van der Waals surface area contributed by atoms with Gasteiger partial charge in [0, 0.05) is 31.2 Å². The van der Waals surface area contributed by atoms with Crippen molar-refractivity contribution in [3.8, 4) is 11.4 Å². The highest BCUT2D eigenvalue weighted by atomic mass is 15.4. The third-order valence-corrected chi connectivity index (χ3v) is 5.18. The zero-order valence-electron chi connectivity index (χ0n) is 17.5. The number of fused-ring (bicyclic) bond motifs is 1. The van der Waals surface area contributed by atoms with Crippen molar-refractivity contribution in [2.45, 2.75) is 34.6 Å². The molecule has 29 heavy (non-hydrogen) atoms. The smallest absolute Gasteiger partial charge is 0.182 e. The summed E-state index contributed by atoms with van der Waals surface area (Å²) in [7, 11) is 0. The molecule has 4 rings (SSSR count). The monoisotopic (exact) mass is 387 g/mol. The van der Waals surface area contributed by atoms with Gasteiger partial charge in [-0.05, 0) is 58.4 Å². The third-order valence-electron chi connectivity index (χ3n) is 5.18. The standard InChI is InChI=1S/C22H25N7/c1-6-28(7-2)17-8-9-18(14(3)12-17)26-20-15(4)27-29-21(16(5)25-22(20)29)19-13-23-10-11-24-19/h8-13H,6-7H2,1-5H3. The number of hydrogen-bond donors (Lipinski definition) is 0. The molecule has 1 aromatic carbocycles. The van der Waals surface area contributed by atoms with Gasteiger partial charge in [-0.15, -0.1) is 0 Å². The number of benzene rings is 1. The van der Waals surface area contributed by atoms with Gasteiger partial charge < -0.3 is 4.90 Å². The van der Waals surface area contributed by atoms with E-state index in [-0.39, 0.29) is 0 Å². The van der Waals surface area contributed by atoms with E-state index in [0.717, 1.165) is 58.7 Å². The normalized spacial score (nSPS) is 14.2. The molecule has 0 saturated heterocycles. The molecule has 1 aliphatic heterocycles. The van der Waals surface area contributed by atoms with Crippen LogP contribution in [0.2, 0.25) is 0 Å². The molecule has 0 saturated carbocycles. The van der Waals surface area contributed by atoms with Gasteiger partial charge in [-0.2, -0.15) is 5.10 Å². The van der Waals surface area contributed by atoms with E-state index in [2.05, 4.69) is 53.8 Å². The lowest BCUT2D eigenvalue weighted by molar-refractivity contribution is 0.865. The Hall–Kier alpha value is -3.35. The SMILES string of the molecule is CCN(CC)c1ccc(N=C2C(C)=Nn3c2nc(C)c3-c2cnccn2)c(C)c1. The highest BCUT2D eigenvalue weighted by Gasteiger charge is 2.27. The predicted octanol–water partition coefficient (Wildman–Crippen LogP) is 4.16. The van der Waals surface area contributed by atoms with E-state index in [4.69, 9.17) is 15.1 Å². The maximum Gasteiger partial charge on any atom is 0.182 e. The maximum absolute atomic E-state index is 4.93. The molecule has 0 atom stereocenters. The lowest BCUT2D eigenvalue weighted by Crippen LogP contribution is -2.21. The summed E-state index contributed by atoms with van der Waals surface area (Å²) in [5.74, 6) is 0.743. The number of rotatable bonds is 5. The fraction of sp³-hybridized carbons (Fsp3) is 0.318. The molecule has 1 aliphatic rings. The van der Waals surface area contributed by atoms with E-state index in [9.17, 15) is 0 Å². The van der Waals surface area contributed by atoms with Crippen molar-refractivity contribution in [2.24, 2.45) is 10.1 Å². The summed E-state index contributed by atoms with van der Waals surface area (Å²) < 4.78 is 1.83. The highest BCUT2D eigenvalue weighted by Crippen LogP contribution is 2.29. The molecule has 0 bridgehead atoms. The predicted molar refractivity (Wildman–Crippen MR) is 117 cm³/mol. The minimum absolute atomic E-state index is 0.743. The van der Waals surface area contributed by atoms with Gasteiger partial charge in [0.05, 0.1) is 23.3 Å². The largest absolute Gasteiger partial charge is 0.372 e. The van der Waals surface area contributed by atoms with Crippen LogP contribution >= 0.6 is 0 Å². The average Bonchev–Trinajstić information content (AvgIpc) is 3.19. The van der Waals surface area contributed by atoms with Crippen molar-refractivity contribution in [1.82, 2.24) is 19.6 Å². The summed E-state index contributed by atoms with van der Waals surface area (Å²) >= 11 is 0. The summed E-state index contributed by atoms with van der Waals surface area (Å²) in [4.78, 5) is 20.6. The third kappa shape index (κ3) is 3.33. The minimum Gasteiger partial charge on any atom is -0.372 e. The van der Waals surface area contributed by atoms with E-state index in [1.54, 1.807) is 18.6 Å². The lowest BCUT2D eigenvalue weighted by atomic mass is 10.1. The topological polar surface area (TPSA) is 71.6 Å². The molecule has 0 aliphatic carbocycles. The van der Waals surface area contributed by atoms with E-state index in [1.165, 1.54) is 5.69 Å². The van der Waals surface area contributed by atoms with Crippen molar-refractivity contribution in [3.63, 3.8) is 0 Å². The number of nitrogens with zero attached hydrogens (tertiary/aromatic N) is 7. The van der Waals surface area contributed by atoms with Crippen LogP contribution in [0.1, 0.15) is 37.9 Å². The molecule has 148 valence electrons. The zero-order chi connectivity index (χ0) is 20.5. The molecule has 3 heterocycles. The first-order valence-electron chi connectivity index (χ1n) is 9.89. The van der Waals surface area contributed by atoms with Crippen molar-refractivity contribution in [3.05, 3.63) is 53.9 Å². The fourth-order valence-corrected chi connectivity index (χ4v) is 3.65. The molecule has 0 spiro atoms. The second-order valence-corrected chi connectivity index (χ2v) is 7.06. The second kappa shape index (κ2) is 7.58. The summed E-state index contributed by atoms with van der Waals surface area (Å²) in [5, 5.41) is 4.69. The summed E-state index contributed by atoms with van der Waals surface area (Å²) in [6.45, 7) is 12.3. The first kappa shape index (κ1) is 19.0. The first-order valence-corrected chi connectivity index (χ1v) is 9.89. The molecule has 0 N–H and O–H groups in total. The molecule has 0 radical (unpaired) electrons. The van der Waals surface area contributed by atoms with E-state index < -0.39 is 0 Å². The molecule has 3 aromatic rings. The zero-order valence-corrected chi connectivity index (χ0v) is 17.5. The van der Waals surface area contributed by atoms with Crippen LogP contribution in [0.5, 0.6) is 0 Å². The number of imidazole rings is 1. The number of aliphatic imine (C=N–C) groups is 1. The number of aryl methyl sites for hydroxylation is 2. The lowest BCUT2D eigenvalue weighted by Gasteiger charge is -2.21. The molecular weight excluding hydrogens is 362 g/mol. The minimum atomic E-state index is 0.743. The van der Waals surface area contributed by atoms with Gasteiger partial charge in [-0.3, -0.25) is 9.97 Å². The van der Waals surface area contributed by atoms with Gasteiger partial charge in [0.1, 0.15) is 17.1 Å². The van der Waals surface area contributed by atoms with Gasteiger partial charge in [0.25, 0.3) is 0 Å². The van der Waals surface area contributed by atoms with Crippen LogP contribution in [0, 0.1) is 13.8 Å². The summed E-state index contributed by atoms with van der Waals surface area (Å²) in [5.41, 5.74) is 7.37. The Morgan fingerprint density at radius 2 is 1.86 bits per heavy atom. The van der Waals surface area contributed by atoms with Crippen molar-refractivity contribution in [1.29, 1.82) is 0 Å². The Morgan fingerprint density at radius 3 is 2.52 bits per heavy atom. The van der Waals surface area contributed by atoms with Gasteiger partial charge in [-0.25, -0.2) is 14.7 Å². The summed E-state index contributed by atoms with van der Waals surface area (Å²) in [6.07, 6.45) is 5.07. The van der Waals surface area contributed by atoms with Crippen LogP contribution < -0.4 is 4.90 Å². The van der Waals surface area contributed by atoms with Crippen molar-refractivity contribution < 1.29 is 0 Å². The van der Waals surface area contributed by atoms with Crippen LogP contribution in [-0.4, -0.2) is 44.1 Å². The van der Waals surface area contributed by atoms with Crippen LogP contribution in [0.3, 0.4) is 0 Å². The quantitative estimate of drug-likeness (QED) is 0.659.